The van der Waals surface area contributed by atoms with Crippen molar-refractivity contribution in [2.75, 3.05) is 18.6 Å². The Hall–Kier alpha value is -1.73. The van der Waals surface area contributed by atoms with Crippen LogP contribution in [0.4, 0.5) is 0 Å². The van der Waals surface area contributed by atoms with Gasteiger partial charge in [-0.2, -0.15) is 0 Å². The smallest absolute Gasteiger partial charge is 0.181 e. The molecule has 0 aromatic carbocycles. The fraction of sp³-hybridized carbons (Fsp3) is 0.375. The third kappa shape index (κ3) is 2.03. The average Bonchev–Trinajstić information content (AvgIpc) is 2.69. The highest BCUT2D eigenvalue weighted by molar-refractivity contribution is 5.69. The molecule has 15 heavy (non-hydrogen) atoms. The van der Waals surface area contributed by atoms with Crippen molar-refractivity contribution in [3.8, 4) is 0 Å². The molecule has 0 spiro atoms. The molecule has 0 aliphatic heterocycles. The second-order valence-electron chi connectivity index (χ2n) is 3.04. The fourth-order valence-corrected chi connectivity index (χ4v) is 1.15. The Labute approximate surface area is 85.4 Å². The van der Waals surface area contributed by atoms with E-state index >= 15 is 0 Å². The van der Waals surface area contributed by atoms with Gasteiger partial charge < -0.3 is 15.6 Å². The zero-order valence-electron chi connectivity index (χ0n) is 7.91. The summed E-state index contributed by atoms with van der Waals surface area (Å²) in [7, 11) is 0. The topological polar surface area (TPSA) is 96.1 Å². The van der Waals surface area contributed by atoms with Crippen LogP contribution in [0, 0.1) is 0 Å². The highest BCUT2D eigenvalue weighted by Gasteiger charge is 2.05. The van der Waals surface area contributed by atoms with Crippen molar-refractivity contribution in [3.63, 3.8) is 0 Å². The van der Waals surface area contributed by atoms with Gasteiger partial charge in [0.15, 0.2) is 5.65 Å². The first-order chi connectivity index (χ1) is 7.31. The van der Waals surface area contributed by atoms with Gasteiger partial charge in [0.25, 0.3) is 0 Å². The van der Waals surface area contributed by atoms with Gasteiger partial charge in [0.2, 0.25) is 0 Å². The molecule has 0 aliphatic carbocycles. The summed E-state index contributed by atoms with van der Waals surface area (Å²) >= 11 is 0. The molecule has 0 aliphatic rings. The molecule has 1 atom stereocenters. The van der Waals surface area contributed by atoms with Gasteiger partial charge in [0.1, 0.15) is 18.2 Å². The van der Waals surface area contributed by atoms with Crippen molar-refractivity contribution in [1.29, 1.82) is 0 Å². The highest BCUT2D eigenvalue weighted by Crippen LogP contribution is 2.04. The van der Waals surface area contributed by atoms with E-state index in [9.17, 15) is 0 Å². The molecule has 0 bridgehead atoms. The molecule has 2 heterocycles. The minimum Gasteiger partial charge on any atom is -0.394 e. The molecular formula is C8H11N5O2. The standard InChI is InChI=1S/C8H11N5O2/c14-3-6(15)1-12-13-5-11-7-2-9-4-10-8(7)13/h2,4-6,12,14-15H,1,3H2. The quantitative estimate of drug-likeness (QED) is 0.580. The molecule has 2 aromatic rings. The fourth-order valence-electron chi connectivity index (χ4n) is 1.15. The van der Waals surface area contributed by atoms with Gasteiger partial charge in [-0.15, -0.1) is 0 Å². The van der Waals surface area contributed by atoms with Gasteiger partial charge in [-0.25, -0.2) is 19.6 Å². The Morgan fingerprint density at radius 1 is 1.47 bits per heavy atom. The summed E-state index contributed by atoms with van der Waals surface area (Å²) in [5, 5.41) is 17.8. The van der Waals surface area contributed by atoms with Crippen LogP contribution in [0.25, 0.3) is 11.2 Å². The zero-order valence-corrected chi connectivity index (χ0v) is 7.91. The van der Waals surface area contributed by atoms with Crippen LogP contribution in [-0.4, -0.2) is 49.1 Å². The lowest BCUT2D eigenvalue weighted by Gasteiger charge is -2.10. The Bertz CT molecular complexity index is 443. The van der Waals surface area contributed by atoms with Gasteiger partial charge in [-0.3, -0.25) is 0 Å². The molecule has 2 aromatic heterocycles. The van der Waals surface area contributed by atoms with Crippen molar-refractivity contribution >= 4 is 11.2 Å². The molecule has 80 valence electrons. The van der Waals surface area contributed by atoms with Gasteiger partial charge in [0, 0.05) is 0 Å². The van der Waals surface area contributed by atoms with Gasteiger partial charge >= 0.3 is 0 Å². The molecule has 7 heteroatoms. The first-order valence-corrected chi connectivity index (χ1v) is 4.47. The van der Waals surface area contributed by atoms with Crippen LogP contribution in [0.3, 0.4) is 0 Å². The summed E-state index contributed by atoms with van der Waals surface area (Å²) in [6, 6.07) is 0. The third-order valence-corrected chi connectivity index (χ3v) is 1.92. The minimum absolute atomic E-state index is 0.228. The lowest BCUT2D eigenvalue weighted by molar-refractivity contribution is 0.103. The molecule has 0 amide bonds. The van der Waals surface area contributed by atoms with E-state index in [1.807, 2.05) is 0 Å². The van der Waals surface area contributed by atoms with E-state index in [2.05, 4.69) is 20.4 Å². The molecule has 1 unspecified atom stereocenters. The van der Waals surface area contributed by atoms with E-state index in [-0.39, 0.29) is 13.2 Å². The maximum atomic E-state index is 9.15. The molecule has 0 saturated heterocycles. The molecule has 0 radical (unpaired) electrons. The van der Waals surface area contributed by atoms with E-state index in [0.717, 1.165) is 0 Å². The summed E-state index contributed by atoms with van der Waals surface area (Å²) in [6.45, 7) is -0.0550. The zero-order chi connectivity index (χ0) is 10.7. The summed E-state index contributed by atoms with van der Waals surface area (Å²) < 4.78 is 1.58. The summed E-state index contributed by atoms with van der Waals surface area (Å²) in [4.78, 5) is 11.9. The lowest BCUT2D eigenvalue weighted by Crippen LogP contribution is -2.28. The van der Waals surface area contributed by atoms with Crippen LogP contribution in [-0.2, 0) is 0 Å². The SMILES string of the molecule is OCC(O)CNn1cnc2cncnc21. The number of aliphatic hydroxyl groups excluding tert-OH is 2. The van der Waals surface area contributed by atoms with Crippen LogP contribution in [0.2, 0.25) is 0 Å². The predicted molar refractivity (Wildman–Crippen MR) is 52.6 cm³/mol. The molecule has 2 rings (SSSR count). The average molecular weight is 209 g/mol. The van der Waals surface area contributed by atoms with Crippen LogP contribution in [0.1, 0.15) is 0 Å². The van der Waals surface area contributed by atoms with Gasteiger partial charge in [-0.1, -0.05) is 0 Å². The maximum absolute atomic E-state index is 9.15. The lowest BCUT2D eigenvalue weighted by atomic mass is 10.4. The second-order valence-corrected chi connectivity index (χ2v) is 3.04. The third-order valence-electron chi connectivity index (χ3n) is 1.92. The van der Waals surface area contributed by atoms with Crippen molar-refractivity contribution in [2.45, 2.75) is 6.10 Å². The Morgan fingerprint density at radius 2 is 2.33 bits per heavy atom. The van der Waals surface area contributed by atoms with E-state index in [0.29, 0.717) is 11.2 Å². The Balaban J connectivity index is 2.14. The van der Waals surface area contributed by atoms with E-state index in [1.54, 1.807) is 17.2 Å². The second kappa shape index (κ2) is 4.20. The largest absolute Gasteiger partial charge is 0.394 e. The van der Waals surface area contributed by atoms with E-state index < -0.39 is 6.10 Å². The maximum Gasteiger partial charge on any atom is 0.181 e. The number of nitrogens with one attached hydrogen (secondary N) is 1. The summed E-state index contributed by atoms with van der Waals surface area (Å²) in [5.41, 5.74) is 4.18. The number of rotatable bonds is 4. The van der Waals surface area contributed by atoms with Crippen molar-refractivity contribution in [3.05, 3.63) is 18.9 Å². The minimum atomic E-state index is -0.802. The van der Waals surface area contributed by atoms with E-state index in [1.165, 1.54) is 6.33 Å². The Kier molecular flexibility index (Phi) is 2.75. The molecule has 7 nitrogen and oxygen atoms in total. The predicted octanol–water partition coefficient (Wildman–Crippen LogP) is -1.28. The molecule has 3 N–H and O–H groups in total. The summed E-state index contributed by atoms with van der Waals surface area (Å²) in [5.74, 6) is 0. The Morgan fingerprint density at radius 3 is 3.13 bits per heavy atom. The van der Waals surface area contributed by atoms with E-state index in [4.69, 9.17) is 10.2 Å². The van der Waals surface area contributed by atoms with Crippen LogP contribution >= 0.6 is 0 Å². The van der Waals surface area contributed by atoms with Crippen molar-refractivity contribution in [2.24, 2.45) is 0 Å². The molecule has 0 fully saturated rings. The number of imidazole rings is 1. The highest BCUT2D eigenvalue weighted by atomic mass is 16.3. The number of hydrogen-bond donors (Lipinski definition) is 3. The number of nitrogens with zero attached hydrogens (tertiary/aromatic N) is 4. The van der Waals surface area contributed by atoms with Crippen molar-refractivity contribution < 1.29 is 10.2 Å². The number of aromatic nitrogens is 4. The normalized spacial score (nSPS) is 12.9. The van der Waals surface area contributed by atoms with Crippen LogP contribution < -0.4 is 5.43 Å². The number of fused-ring (bicyclic) bond motifs is 1. The van der Waals surface area contributed by atoms with Gasteiger partial charge in [-0.05, 0) is 0 Å². The summed E-state index contributed by atoms with van der Waals surface area (Å²) in [6.07, 6.45) is 3.76. The van der Waals surface area contributed by atoms with Gasteiger partial charge in [0.05, 0.1) is 25.5 Å². The first kappa shape index (κ1) is 9.81. The number of hydrogen-bond acceptors (Lipinski definition) is 6. The molecule has 0 saturated carbocycles. The first-order valence-electron chi connectivity index (χ1n) is 4.47. The molecular weight excluding hydrogens is 198 g/mol. The van der Waals surface area contributed by atoms with Crippen LogP contribution in [0.5, 0.6) is 0 Å². The number of aliphatic hydroxyl groups is 2. The monoisotopic (exact) mass is 209 g/mol. The van der Waals surface area contributed by atoms with Crippen molar-refractivity contribution in [1.82, 2.24) is 19.6 Å². The van der Waals surface area contributed by atoms with Crippen LogP contribution in [0.15, 0.2) is 18.9 Å².